The molecule has 0 saturated carbocycles. The molecule has 0 saturated heterocycles. The smallest absolute Gasteiger partial charge is 0.416 e. The normalized spacial score (nSPS) is 12.0. The molecule has 0 aromatic heterocycles. The predicted molar refractivity (Wildman–Crippen MR) is 111 cm³/mol. The summed E-state index contributed by atoms with van der Waals surface area (Å²) in [6.07, 6.45) is -4.83. The van der Waals surface area contributed by atoms with Crippen LogP contribution in [0.3, 0.4) is 0 Å². The number of rotatable bonds is 7. The van der Waals surface area contributed by atoms with E-state index in [1.165, 1.54) is 12.1 Å². The molecule has 0 aliphatic carbocycles. The van der Waals surface area contributed by atoms with Gasteiger partial charge >= 0.3 is 18.1 Å². The zero-order valence-corrected chi connectivity index (χ0v) is 18.0. The van der Waals surface area contributed by atoms with E-state index in [1.807, 2.05) is 0 Å². The molecule has 0 bridgehead atoms. The summed E-state index contributed by atoms with van der Waals surface area (Å²) in [6, 6.07) is 4.32. The van der Waals surface area contributed by atoms with Crippen LogP contribution in [-0.4, -0.2) is 45.0 Å². The first kappa shape index (κ1) is 25.7. The molecule has 0 aliphatic heterocycles. The lowest BCUT2D eigenvalue weighted by Crippen LogP contribution is -2.44. The molecule has 2 rings (SSSR count). The molecule has 8 nitrogen and oxygen atoms in total. The number of alkyl halides is 3. The number of nitrogens with one attached hydrogen (secondary N) is 1. The van der Waals surface area contributed by atoms with Gasteiger partial charge in [0.15, 0.2) is 0 Å². The van der Waals surface area contributed by atoms with Crippen LogP contribution >= 0.6 is 11.8 Å². The number of carbonyl (C=O) groups is 4. The number of hydrogen-bond donors (Lipinski definition) is 3. The van der Waals surface area contributed by atoms with Gasteiger partial charge in [0.1, 0.15) is 23.1 Å². The second-order valence-corrected chi connectivity index (χ2v) is 7.80. The average molecular weight is 485 g/mol. The summed E-state index contributed by atoms with van der Waals surface area (Å²) >= 11 is 0.546. The maximum absolute atomic E-state index is 13.0. The third kappa shape index (κ3) is 6.97. The molecule has 3 N–H and O–H groups in total. The van der Waals surface area contributed by atoms with Gasteiger partial charge in [0.05, 0.1) is 11.1 Å². The third-order valence-corrected chi connectivity index (χ3v) is 5.15. The van der Waals surface area contributed by atoms with Crippen LogP contribution in [-0.2, 0) is 15.8 Å². The van der Waals surface area contributed by atoms with Crippen LogP contribution in [0, 0.1) is 6.92 Å². The first-order valence-corrected chi connectivity index (χ1v) is 10.2. The van der Waals surface area contributed by atoms with E-state index in [4.69, 9.17) is 4.74 Å². The Balaban J connectivity index is 2.24. The molecule has 0 radical (unpaired) electrons. The summed E-state index contributed by atoms with van der Waals surface area (Å²) in [5.41, 5.74) is -1.30. The molecule has 0 spiro atoms. The van der Waals surface area contributed by atoms with E-state index in [0.29, 0.717) is 35.5 Å². The van der Waals surface area contributed by atoms with Gasteiger partial charge in [-0.2, -0.15) is 13.2 Å². The maximum atomic E-state index is 13.0. The van der Waals surface area contributed by atoms with Crippen molar-refractivity contribution >= 4 is 34.7 Å². The van der Waals surface area contributed by atoms with Gasteiger partial charge in [0.2, 0.25) is 11.0 Å². The Labute approximate surface area is 189 Å². The lowest BCUT2D eigenvalue weighted by molar-refractivity contribution is -0.140. The van der Waals surface area contributed by atoms with Crippen molar-refractivity contribution in [3.8, 4) is 11.5 Å². The molecule has 0 heterocycles. The van der Waals surface area contributed by atoms with Crippen molar-refractivity contribution in [1.29, 1.82) is 0 Å². The molecular weight excluding hydrogens is 467 g/mol. The van der Waals surface area contributed by atoms with E-state index < -0.39 is 57.8 Å². The van der Waals surface area contributed by atoms with Gasteiger partial charge in [0, 0.05) is 12.7 Å². The van der Waals surface area contributed by atoms with Crippen LogP contribution in [0.15, 0.2) is 36.4 Å². The highest BCUT2D eigenvalue weighted by molar-refractivity contribution is 8.14. The summed E-state index contributed by atoms with van der Waals surface area (Å²) in [6.45, 7) is 2.76. The molecule has 12 heteroatoms. The van der Waals surface area contributed by atoms with Crippen LogP contribution in [0.4, 0.5) is 13.2 Å². The van der Waals surface area contributed by atoms with Crippen LogP contribution in [0.2, 0.25) is 0 Å². The molecule has 1 atom stereocenters. The van der Waals surface area contributed by atoms with Crippen molar-refractivity contribution in [3.05, 3.63) is 58.7 Å². The van der Waals surface area contributed by atoms with Gasteiger partial charge in [-0.15, -0.1) is 0 Å². The number of ether oxygens (including phenoxy) is 1. The van der Waals surface area contributed by atoms with Gasteiger partial charge in [-0.05, 0) is 42.8 Å². The largest absolute Gasteiger partial charge is 0.507 e. The number of hydrogen-bond acceptors (Lipinski definition) is 7. The summed E-state index contributed by atoms with van der Waals surface area (Å²) in [7, 11) is 0. The second-order valence-electron chi connectivity index (χ2n) is 6.81. The highest BCUT2D eigenvalue weighted by atomic mass is 32.2. The minimum Gasteiger partial charge on any atom is -0.507 e. The number of carboxylic acid groups (broad SMARTS) is 1. The number of aromatic hydroxyl groups is 1. The Kier molecular flexibility index (Phi) is 8.09. The number of phenolic OH excluding ortho intramolecular Hbond substituents is 1. The van der Waals surface area contributed by atoms with Crippen molar-refractivity contribution in [1.82, 2.24) is 5.32 Å². The monoisotopic (exact) mass is 485 g/mol. The average Bonchev–Trinajstić information content (AvgIpc) is 2.69. The first-order valence-electron chi connectivity index (χ1n) is 9.19. The van der Waals surface area contributed by atoms with E-state index in [9.17, 15) is 42.6 Å². The fourth-order valence-electron chi connectivity index (χ4n) is 2.60. The van der Waals surface area contributed by atoms with Crippen molar-refractivity contribution in [2.75, 3.05) is 5.75 Å². The van der Waals surface area contributed by atoms with Gasteiger partial charge < -0.3 is 20.3 Å². The van der Waals surface area contributed by atoms with Gasteiger partial charge in [-0.1, -0.05) is 17.8 Å². The molecule has 0 fully saturated rings. The molecule has 0 aliphatic rings. The highest BCUT2D eigenvalue weighted by Gasteiger charge is 2.33. The van der Waals surface area contributed by atoms with Gasteiger partial charge in [-0.25, -0.2) is 9.59 Å². The third-order valence-electron chi connectivity index (χ3n) is 4.17. The minimum atomic E-state index is -4.83. The number of carboxylic acids is 1. The number of aromatic carboxylic acids is 1. The van der Waals surface area contributed by atoms with Gasteiger partial charge in [-0.3, -0.25) is 9.59 Å². The summed E-state index contributed by atoms with van der Waals surface area (Å²) in [5.74, 6) is -5.18. The highest BCUT2D eigenvalue weighted by Crippen LogP contribution is 2.33. The van der Waals surface area contributed by atoms with Crippen LogP contribution < -0.4 is 10.1 Å². The number of amides is 1. The molecular formula is C21H18F3NO7S. The molecule has 2 aromatic rings. The van der Waals surface area contributed by atoms with E-state index in [-0.39, 0.29) is 11.3 Å². The number of thioether (sulfide) groups is 1. The van der Waals surface area contributed by atoms with E-state index in [0.717, 1.165) is 6.92 Å². The van der Waals surface area contributed by atoms with Crippen LogP contribution in [0.1, 0.15) is 38.8 Å². The number of halogens is 3. The number of carbonyl (C=O) groups excluding carboxylic acids is 3. The number of aryl methyl sites for hydroxylation is 1. The van der Waals surface area contributed by atoms with Crippen LogP contribution in [0.5, 0.6) is 11.5 Å². The Morgan fingerprint density at radius 1 is 1.09 bits per heavy atom. The Morgan fingerprint density at radius 3 is 2.27 bits per heavy atom. The fourth-order valence-corrected chi connectivity index (χ4v) is 3.47. The van der Waals surface area contributed by atoms with Gasteiger partial charge in [0.25, 0.3) is 0 Å². The lowest BCUT2D eigenvalue weighted by Gasteiger charge is -2.18. The molecule has 176 valence electrons. The summed E-state index contributed by atoms with van der Waals surface area (Å²) in [5, 5.41) is 20.7. The summed E-state index contributed by atoms with van der Waals surface area (Å²) < 4.78 is 43.8. The Morgan fingerprint density at radius 2 is 1.73 bits per heavy atom. The topological polar surface area (TPSA) is 130 Å². The Hall–Kier alpha value is -3.54. The standard InChI is InChI=1S/C21H18F3NO7S/c1-10-3-5-13(16(27)7-10)20(31)33-9-15(25-11(2)26)19(30)32-17-8-12(21(22,23)24)4-6-14(17)18(28)29/h3-8,15,27H,9H2,1-2H3,(H,25,26)(H,28,29). The van der Waals surface area contributed by atoms with E-state index in [2.05, 4.69) is 5.32 Å². The van der Waals surface area contributed by atoms with E-state index >= 15 is 0 Å². The van der Waals surface area contributed by atoms with Crippen molar-refractivity contribution < 1.29 is 47.3 Å². The summed E-state index contributed by atoms with van der Waals surface area (Å²) in [4.78, 5) is 47.7. The zero-order chi connectivity index (χ0) is 24.9. The van der Waals surface area contributed by atoms with Crippen molar-refractivity contribution in [3.63, 3.8) is 0 Å². The van der Waals surface area contributed by atoms with E-state index in [1.54, 1.807) is 13.0 Å². The fraction of sp³-hybridized carbons (Fsp3) is 0.238. The number of phenols is 1. The molecule has 1 unspecified atom stereocenters. The number of esters is 1. The quantitative estimate of drug-likeness (QED) is 0.402. The second kappa shape index (κ2) is 10.4. The molecule has 2 aromatic carbocycles. The van der Waals surface area contributed by atoms with Crippen LogP contribution in [0.25, 0.3) is 0 Å². The lowest BCUT2D eigenvalue weighted by atomic mass is 10.1. The first-order chi connectivity index (χ1) is 15.3. The SMILES string of the molecule is CC(=O)NC(CSC(=O)c1ccc(C)cc1O)C(=O)Oc1cc(C(F)(F)F)ccc1C(=O)O. The molecule has 1 amide bonds. The van der Waals surface area contributed by atoms with Crippen molar-refractivity contribution in [2.45, 2.75) is 26.1 Å². The predicted octanol–water partition coefficient (Wildman–Crippen LogP) is 3.40. The minimum absolute atomic E-state index is 0.0495. The number of benzene rings is 2. The molecule has 33 heavy (non-hydrogen) atoms. The van der Waals surface area contributed by atoms with Crippen molar-refractivity contribution in [2.24, 2.45) is 0 Å². The zero-order valence-electron chi connectivity index (χ0n) is 17.2. The Bertz CT molecular complexity index is 1100. The maximum Gasteiger partial charge on any atom is 0.416 e.